The van der Waals surface area contributed by atoms with E-state index < -0.39 is 36.4 Å². The quantitative estimate of drug-likeness (QED) is 0.440. The van der Waals surface area contributed by atoms with Crippen LogP contribution in [0.3, 0.4) is 0 Å². The van der Waals surface area contributed by atoms with Gasteiger partial charge in [0.15, 0.2) is 0 Å². The van der Waals surface area contributed by atoms with Crippen molar-refractivity contribution >= 4 is 17.9 Å². The van der Waals surface area contributed by atoms with Gasteiger partial charge in [-0.25, -0.2) is 0 Å². The summed E-state index contributed by atoms with van der Waals surface area (Å²) in [4.78, 5) is 29.9. The van der Waals surface area contributed by atoms with Crippen molar-refractivity contribution in [3.8, 4) is 0 Å². The van der Waals surface area contributed by atoms with Crippen LogP contribution in [0.25, 0.3) is 0 Å². The van der Waals surface area contributed by atoms with Gasteiger partial charge < -0.3 is 34.8 Å². The van der Waals surface area contributed by atoms with Crippen molar-refractivity contribution in [1.82, 2.24) is 0 Å². The van der Waals surface area contributed by atoms with E-state index in [0.29, 0.717) is 0 Å². The van der Waals surface area contributed by atoms with Crippen LogP contribution >= 0.6 is 0 Å². The van der Waals surface area contributed by atoms with Gasteiger partial charge in [-0.05, 0) is 12.8 Å². The van der Waals surface area contributed by atoms with Crippen LogP contribution in [0, 0.1) is 0 Å². The molecule has 0 heterocycles. The van der Waals surface area contributed by atoms with Crippen LogP contribution in [-0.4, -0.2) is 23.5 Å². The van der Waals surface area contributed by atoms with E-state index in [1.165, 1.54) is 0 Å². The van der Waals surface area contributed by atoms with Crippen LogP contribution in [0.5, 0.6) is 0 Å². The Labute approximate surface area is 179 Å². The van der Waals surface area contributed by atoms with E-state index in [0.717, 1.165) is 0 Å². The van der Waals surface area contributed by atoms with Gasteiger partial charge in [-0.1, -0.05) is 5.60 Å². The molecule has 0 aliphatic rings. The minimum atomic E-state index is -3.22. The van der Waals surface area contributed by atoms with Gasteiger partial charge in [-0.2, -0.15) is 0 Å². The van der Waals surface area contributed by atoms with Crippen LogP contribution in [0.15, 0.2) is 0 Å². The third kappa shape index (κ3) is 14.3. The number of hydrogen-bond donors (Lipinski definition) is 0. The van der Waals surface area contributed by atoms with Gasteiger partial charge in [0.25, 0.3) is 0 Å². The summed E-state index contributed by atoms with van der Waals surface area (Å²) in [6.45, 7) is 0. The fourth-order valence-electron chi connectivity index (χ4n) is 0.673. The molecule has 0 N–H and O–H groups in total. The third-order valence-electron chi connectivity index (χ3n) is 1.23. The summed E-state index contributed by atoms with van der Waals surface area (Å²) in [5, 5.41) is 40.8. The van der Waals surface area contributed by atoms with Gasteiger partial charge in [0.2, 0.25) is 0 Å². The molecule has 0 aliphatic heterocycles. The molecule has 11 heteroatoms. The summed E-state index contributed by atoms with van der Waals surface area (Å²) >= 11 is 0. The van der Waals surface area contributed by atoms with E-state index in [9.17, 15) is 34.8 Å². The Bertz CT molecular complexity index is 244. The van der Waals surface area contributed by atoms with Crippen LogP contribution < -0.4 is 109 Å². The van der Waals surface area contributed by atoms with Crippen molar-refractivity contribution in [2.75, 3.05) is 0 Å². The van der Waals surface area contributed by atoms with Crippen molar-refractivity contribution < 1.29 is 146 Å². The summed E-state index contributed by atoms with van der Waals surface area (Å²) < 4.78 is 0. The Morgan fingerprint density at radius 3 is 1.18 bits per heavy atom. The Kier molecular flexibility index (Phi) is 26.9. The fraction of sp³-hybridized carbons (Fsp3) is 0.500. The first-order valence-electron chi connectivity index (χ1n) is 3.09. The predicted octanol–water partition coefficient (Wildman–Crippen LogP) is -14.9. The van der Waals surface area contributed by atoms with Gasteiger partial charge in [0.05, 0.1) is 0 Å². The second-order valence-electron chi connectivity index (χ2n) is 2.38. The van der Waals surface area contributed by atoms with Crippen LogP contribution in [0.2, 0.25) is 0 Å². The number of carbonyl (C=O) groups excluding carboxylic acids is 3. The molecule has 0 atom stereocenters. The maximum Gasteiger partial charge on any atom is 1.00 e. The number of rotatable bonds is 5. The third-order valence-corrected chi connectivity index (χ3v) is 1.23. The molecule has 0 aromatic carbocycles. The molecule has 0 saturated carbocycles. The Morgan fingerprint density at radius 1 is 0.824 bits per heavy atom. The van der Waals surface area contributed by atoms with Crippen molar-refractivity contribution in [3.63, 3.8) is 0 Å². The number of carboxylic acid groups (broad SMARTS) is 3. The van der Waals surface area contributed by atoms with Crippen molar-refractivity contribution in [2.24, 2.45) is 0 Å². The van der Waals surface area contributed by atoms with E-state index in [1.54, 1.807) is 0 Å². The zero-order chi connectivity index (χ0) is 10.6. The summed E-state index contributed by atoms with van der Waals surface area (Å²) in [5.41, 5.74) is -3.22. The molecule has 0 radical (unpaired) electrons. The van der Waals surface area contributed by atoms with Crippen molar-refractivity contribution in [2.45, 2.75) is 18.4 Å². The molecule has 0 fully saturated rings. The number of hydrogen-bond acceptors (Lipinski definition) is 7. The SMILES string of the molecule is O=C([O-])CC([O-])(CC(=O)[O-])C(=O)[O-].[Ag+].[Na+].[Na+].[Na+]. The average Bonchev–Trinajstić information content (AvgIpc) is 1.82. The maximum atomic E-state index is 10.9. The van der Waals surface area contributed by atoms with E-state index in [4.69, 9.17) is 0 Å². The number of carbonyl (C=O) groups is 3. The van der Waals surface area contributed by atoms with Crippen molar-refractivity contribution in [3.05, 3.63) is 0 Å². The first-order chi connectivity index (χ1) is 5.78. The summed E-state index contributed by atoms with van der Waals surface area (Å²) in [6.07, 6.45) is -2.94. The number of aliphatic carboxylic acids is 3. The van der Waals surface area contributed by atoms with Gasteiger partial charge in [0, 0.05) is 17.9 Å². The Hall–Kier alpha value is 2.11. The molecule has 0 unspecified atom stereocenters. The molecule has 0 aromatic rings. The smallest absolute Gasteiger partial charge is 0.845 e. The normalized spacial score (nSPS) is 8.29. The molecule has 17 heavy (non-hydrogen) atoms. The zero-order valence-corrected chi connectivity index (χ0v) is 17.1. The van der Waals surface area contributed by atoms with E-state index in [1.807, 2.05) is 0 Å². The molecule has 0 spiro atoms. The Morgan fingerprint density at radius 2 is 1.06 bits per heavy atom. The largest absolute Gasteiger partial charge is 1.00 e. The van der Waals surface area contributed by atoms with Crippen LogP contribution in [-0.2, 0) is 36.8 Å². The molecule has 0 amide bonds. The van der Waals surface area contributed by atoms with Crippen LogP contribution in [0.4, 0.5) is 0 Å². The predicted molar refractivity (Wildman–Crippen MR) is 27.0 cm³/mol. The fourth-order valence-corrected chi connectivity index (χ4v) is 0.673. The van der Waals surface area contributed by atoms with Gasteiger partial charge >= 0.3 is 111 Å². The molecule has 0 bridgehead atoms. The van der Waals surface area contributed by atoms with Crippen LogP contribution in [0.1, 0.15) is 12.8 Å². The van der Waals surface area contributed by atoms with Gasteiger partial charge in [-0.3, -0.25) is 0 Å². The molecule has 0 aliphatic carbocycles. The standard InChI is InChI=1S/C6H7O7.Ag.3Na/c7-3(8)1-6(13,5(11)12)2-4(9)10;;;;/h1-2H2,(H,7,8)(H,9,10)(H,11,12);;;;/q-1;4*+1/p-3. The molecule has 0 rings (SSSR count). The number of carboxylic acids is 3. The second-order valence-corrected chi connectivity index (χ2v) is 2.38. The molecule has 0 aromatic heterocycles. The summed E-state index contributed by atoms with van der Waals surface area (Å²) in [7, 11) is 0. The maximum absolute atomic E-state index is 10.9. The molecule has 7 nitrogen and oxygen atoms in total. The average molecular weight is 365 g/mol. The first kappa shape index (κ1) is 31.5. The molecular formula is C6H4AgNa3O7. The van der Waals surface area contributed by atoms with Gasteiger partial charge in [-0.15, -0.1) is 0 Å². The molecule has 0 saturated heterocycles. The van der Waals surface area contributed by atoms with Crippen molar-refractivity contribution in [1.29, 1.82) is 0 Å². The van der Waals surface area contributed by atoms with Gasteiger partial charge in [0.1, 0.15) is 0 Å². The summed E-state index contributed by atoms with van der Waals surface area (Å²) in [5.74, 6) is -6.22. The Balaban J connectivity index is -0.000000120. The first-order valence-corrected chi connectivity index (χ1v) is 3.09. The van der Waals surface area contributed by atoms with E-state index >= 15 is 0 Å². The van der Waals surface area contributed by atoms with E-state index in [-0.39, 0.29) is 111 Å². The monoisotopic (exact) mass is 364 g/mol. The van der Waals surface area contributed by atoms with E-state index in [2.05, 4.69) is 0 Å². The molecular weight excluding hydrogens is 361 g/mol. The zero-order valence-electron chi connectivity index (χ0n) is 9.57. The minimum absolute atomic E-state index is 0. The summed E-state index contributed by atoms with van der Waals surface area (Å²) in [6, 6.07) is 0. The minimum Gasteiger partial charge on any atom is -0.845 e. The molecule has 84 valence electrons. The second kappa shape index (κ2) is 14.5. The topological polar surface area (TPSA) is 143 Å².